The van der Waals surface area contributed by atoms with Gasteiger partial charge in [-0.15, -0.1) is 22.7 Å². The van der Waals surface area contributed by atoms with Crippen LogP contribution in [0.5, 0.6) is 0 Å². The van der Waals surface area contributed by atoms with Gasteiger partial charge in [-0.2, -0.15) is 0 Å². The van der Waals surface area contributed by atoms with Gasteiger partial charge < -0.3 is 19.6 Å². The Hall–Kier alpha value is -14.2. The fraction of sp³-hybridized carbons (Fsp3) is 0.209. The molecule has 6 heterocycles. The molecular weight excluding hydrogens is 1850 g/mol. The predicted molar refractivity (Wildman–Crippen MR) is 643 cm³/mol. The van der Waals surface area contributed by atoms with Crippen LogP contribution in [0.15, 0.2) is 382 Å². The number of para-hydroxylation sites is 5. The van der Waals surface area contributed by atoms with E-state index in [1.54, 1.807) is 20.7 Å². The highest BCUT2D eigenvalue weighted by Gasteiger charge is 2.52. The average Bonchev–Trinajstić information content (AvgIpc) is 1.31. The summed E-state index contributed by atoms with van der Waals surface area (Å²) in [5, 5.41) is 22.7. The number of thiophene rings is 2. The lowest BCUT2D eigenvalue weighted by Gasteiger charge is -2.47. The molecule has 0 saturated carbocycles. The molecule has 4 nitrogen and oxygen atoms in total. The lowest BCUT2D eigenvalue weighted by molar-refractivity contribution is 0.730. The summed E-state index contributed by atoms with van der Waals surface area (Å²) in [4.78, 5) is 10.5. The van der Waals surface area contributed by atoms with E-state index in [1.807, 2.05) is 22.7 Å². The van der Waals surface area contributed by atoms with Gasteiger partial charge in [0.05, 0.1) is 45.0 Å². The number of nitrogens with zero attached hydrogens (tertiary/aromatic N) is 4. The Morgan fingerprint density at radius 3 is 0.986 bits per heavy atom. The van der Waals surface area contributed by atoms with E-state index in [1.165, 1.54) is 299 Å². The molecule has 20 aromatic carbocycles. The third-order valence-corrected chi connectivity index (χ3v) is 46.9. The predicted octanol–water partition coefficient (Wildman–Crippen LogP) is 38.2. The highest BCUT2D eigenvalue weighted by Crippen LogP contribution is 2.63. The van der Waals surface area contributed by atoms with Crippen LogP contribution in [0.3, 0.4) is 0 Å². The maximum Gasteiger partial charge on any atom is 0.123 e. The molecule has 0 N–H and O–H groups in total. The molecule has 0 spiro atoms. The van der Waals surface area contributed by atoms with Gasteiger partial charge in [0.1, 0.15) is 16.1 Å². The van der Waals surface area contributed by atoms with Crippen LogP contribution in [0.1, 0.15) is 202 Å². The van der Waals surface area contributed by atoms with Gasteiger partial charge in [0, 0.05) is 85.2 Å². The summed E-state index contributed by atoms with van der Waals surface area (Å²) in [7, 11) is -4.39. The normalized spacial score (nSPS) is 14.5. The first-order valence-electron chi connectivity index (χ1n) is 54.2. The van der Waals surface area contributed by atoms with E-state index in [2.05, 4.69) is 492 Å². The molecule has 0 atom stereocenters. The number of rotatable bonds is 22. The molecule has 724 valence electrons. The SMILES string of the molecule is CCCC[Si]1(CCCC)c2ccccc2N(c2cc(C(C)C)c3ccc4c(N5c6cc(C)ccc6[Si](CCCC)(CCCC)c6cc7c(cc65)sc5ccccc57)cc(C(C)C)c5ccc2c3c54)c2ccccc21.Cc1ccc(C2(c3ccc(C)cc3)c3ccccc3N(c3ccc4cc(N5c6ccccc6C(c6ccc(C)cc6)(c6ccc(C)cc6)c6cc7c(cc65)sc5ccccc57)ccc4c3)c3ccccc32)cc1. The number of hydrogen-bond donors (Lipinski definition) is 0. The van der Waals surface area contributed by atoms with Gasteiger partial charge in [-0.25, -0.2) is 0 Å². The first-order valence-corrected chi connectivity index (χ1v) is 60.7. The van der Waals surface area contributed by atoms with Crippen molar-refractivity contribution >= 4 is 211 Å². The van der Waals surface area contributed by atoms with Crippen molar-refractivity contribution in [2.75, 3.05) is 19.6 Å². The van der Waals surface area contributed by atoms with Crippen LogP contribution in [0.4, 0.5) is 68.2 Å². The molecule has 0 bridgehead atoms. The fourth-order valence-electron chi connectivity index (χ4n) is 27.0. The maximum atomic E-state index is 2.79. The van der Waals surface area contributed by atoms with Gasteiger partial charge >= 0.3 is 0 Å². The first kappa shape index (κ1) is 93.8. The second-order valence-corrected chi connectivity index (χ2v) is 54.1. The summed E-state index contributed by atoms with van der Waals surface area (Å²) in [5.74, 6) is 0.651. The molecule has 26 rings (SSSR count). The lowest BCUT2D eigenvalue weighted by atomic mass is 9.62. The molecule has 0 unspecified atom stereocenters. The Balaban J connectivity index is 0.000000153. The molecule has 0 saturated heterocycles. The van der Waals surface area contributed by atoms with E-state index in [-0.39, 0.29) is 0 Å². The number of fused-ring (bicyclic) bond motifs is 15. The zero-order chi connectivity index (χ0) is 100. The van der Waals surface area contributed by atoms with Crippen molar-refractivity contribution in [1.29, 1.82) is 0 Å². The summed E-state index contributed by atoms with van der Waals surface area (Å²) in [6.07, 6.45) is 9.95. The van der Waals surface area contributed by atoms with Crippen LogP contribution in [0, 0.1) is 34.6 Å². The molecule has 2 aromatic heterocycles. The Morgan fingerprint density at radius 2 is 0.565 bits per heavy atom. The van der Waals surface area contributed by atoms with E-state index >= 15 is 0 Å². The zero-order valence-electron chi connectivity index (χ0n) is 87.1. The second kappa shape index (κ2) is 37.3. The lowest BCUT2D eigenvalue weighted by Crippen LogP contribution is -2.62. The highest BCUT2D eigenvalue weighted by molar-refractivity contribution is 7.26. The third kappa shape index (κ3) is 14.8. The fourth-order valence-corrected chi connectivity index (χ4v) is 40.6. The number of unbranched alkanes of at least 4 members (excludes halogenated alkanes) is 4. The molecule has 147 heavy (non-hydrogen) atoms. The molecule has 0 radical (unpaired) electrons. The smallest absolute Gasteiger partial charge is 0.123 e. The molecule has 4 aliphatic heterocycles. The number of anilines is 12. The zero-order valence-corrected chi connectivity index (χ0v) is 90.8. The molecule has 8 heteroatoms. The molecule has 0 aliphatic carbocycles. The summed E-state index contributed by atoms with van der Waals surface area (Å²) < 4.78 is 5.37. The quantitative estimate of drug-likeness (QED) is 0.0495. The largest absolute Gasteiger partial charge is 0.310 e. The Bertz CT molecular complexity index is 8700. The topological polar surface area (TPSA) is 13.0 Å². The molecule has 0 fully saturated rings. The minimum absolute atomic E-state index is 0.321. The van der Waals surface area contributed by atoms with Crippen LogP contribution in [-0.2, 0) is 10.8 Å². The summed E-state index contributed by atoms with van der Waals surface area (Å²) in [6.45, 7) is 30.3. The molecule has 0 amide bonds. The Kier molecular flexibility index (Phi) is 23.8. The Labute approximate surface area is 877 Å². The van der Waals surface area contributed by atoms with E-state index in [9.17, 15) is 0 Å². The average molecular weight is 1970 g/mol. The second-order valence-electron chi connectivity index (χ2n) is 43.5. The third-order valence-electron chi connectivity index (χ3n) is 34.0. The minimum atomic E-state index is -2.28. The van der Waals surface area contributed by atoms with Gasteiger partial charge in [0.15, 0.2) is 0 Å². The summed E-state index contributed by atoms with van der Waals surface area (Å²) in [5.41, 5.74) is 33.5. The van der Waals surface area contributed by atoms with Crippen molar-refractivity contribution in [3.05, 3.63) is 466 Å². The van der Waals surface area contributed by atoms with E-state index in [0.29, 0.717) is 11.8 Å². The summed E-state index contributed by atoms with van der Waals surface area (Å²) in [6, 6.07) is 154. The van der Waals surface area contributed by atoms with Crippen molar-refractivity contribution in [2.45, 2.75) is 188 Å². The molecule has 22 aromatic rings. The van der Waals surface area contributed by atoms with Gasteiger partial charge in [0.25, 0.3) is 0 Å². The van der Waals surface area contributed by atoms with E-state index < -0.39 is 27.0 Å². The Morgan fingerprint density at radius 1 is 0.231 bits per heavy atom. The molecular formula is C139H128N4S2Si2. The van der Waals surface area contributed by atoms with E-state index in [4.69, 9.17) is 0 Å². The number of hydrogen-bond acceptors (Lipinski definition) is 6. The summed E-state index contributed by atoms with van der Waals surface area (Å²) >= 11 is 3.86. The maximum absolute atomic E-state index is 2.79. The van der Waals surface area contributed by atoms with Crippen LogP contribution >= 0.6 is 22.7 Å². The standard InChI is InChI=1S/C70H52N2S.C69H76N2SSi2/c1-45-21-31-51(32-22-45)69(52-33-23-46(2)24-34-52)59-14-6-9-17-63(59)71(64-18-10-7-15-60(64)69)55-39-29-50-42-56(40-30-49(50)41-55)72-65-19-11-8-16-61(65)70(53-35-25-47(3)26-36-53,54-37-27-48(4)28-38-54)62-43-58-57-13-5-12-20-67(57)73-68(58)44-66(62)72;1-10-14-36-73(37-15-11-2)64-28-22-19-25-56(64)70(57-26-20-23-29-65(57)73)58-41-53(45(5)6)49-32-34-52-59(42-54(46(7)8)50-31-33-51(58)68(49)69(50)52)71-60-40-47(9)30-35-66(60)74(38-16-12-3,39-17-13-4)67-43-55-48-24-18-21-27-62(48)72-63(55)44-61(67)71/h5-44H,1-4H3;18-35,40-46H,10-17,36-39H2,1-9H3. The van der Waals surface area contributed by atoms with Gasteiger partial charge in [0.2, 0.25) is 0 Å². The van der Waals surface area contributed by atoms with Gasteiger partial charge in [-0.05, 0) is 288 Å². The van der Waals surface area contributed by atoms with Crippen molar-refractivity contribution in [1.82, 2.24) is 0 Å². The van der Waals surface area contributed by atoms with Gasteiger partial charge in [-0.3, -0.25) is 0 Å². The minimum Gasteiger partial charge on any atom is -0.310 e. The van der Waals surface area contributed by atoms with Crippen molar-refractivity contribution in [3.63, 3.8) is 0 Å². The van der Waals surface area contributed by atoms with E-state index in [0.717, 1.165) is 11.4 Å². The van der Waals surface area contributed by atoms with Crippen molar-refractivity contribution in [2.24, 2.45) is 0 Å². The van der Waals surface area contributed by atoms with Crippen LogP contribution in [0.25, 0.3) is 83.4 Å². The first-order chi connectivity index (χ1) is 71.9. The van der Waals surface area contributed by atoms with Crippen LogP contribution < -0.4 is 40.3 Å². The van der Waals surface area contributed by atoms with Crippen molar-refractivity contribution < 1.29 is 0 Å². The highest BCUT2D eigenvalue weighted by atomic mass is 32.1. The van der Waals surface area contributed by atoms with Crippen LogP contribution in [0.2, 0.25) is 24.2 Å². The monoisotopic (exact) mass is 1970 g/mol. The molecule has 4 aliphatic rings. The van der Waals surface area contributed by atoms with Crippen molar-refractivity contribution in [3.8, 4) is 0 Å². The number of benzene rings is 20. The number of aryl methyl sites for hydroxylation is 5. The van der Waals surface area contributed by atoms with Gasteiger partial charge in [-0.1, -0.05) is 408 Å². The van der Waals surface area contributed by atoms with Crippen LogP contribution in [-0.4, -0.2) is 16.1 Å².